The molecule has 82 valence electrons. The van der Waals surface area contributed by atoms with Crippen molar-refractivity contribution in [2.75, 3.05) is 4.90 Å². The molecule has 0 fully saturated rings. The molecule has 16 heavy (non-hydrogen) atoms. The van der Waals surface area contributed by atoms with Gasteiger partial charge in [0.05, 0.1) is 5.69 Å². The van der Waals surface area contributed by atoms with Gasteiger partial charge in [0.25, 0.3) is 0 Å². The highest BCUT2D eigenvalue weighted by atomic mass is 19.1. The number of hydrogen-bond acceptors (Lipinski definition) is 2. The molecule has 1 heterocycles. The van der Waals surface area contributed by atoms with Gasteiger partial charge in [0.1, 0.15) is 5.82 Å². The fourth-order valence-corrected chi connectivity index (χ4v) is 1.53. The number of amides is 1. The molecular weight excluding hydrogens is 207 g/mol. The highest BCUT2D eigenvalue weighted by Gasteiger charge is 2.13. The van der Waals surface area contributed by atoms with E-state index in [2.05, 4.69) is 0 Å². The Hall–Kier alpha value is -2.10. The van der Waals surface area contributed by atoms with Crippen molar-refractivity contribution < 1.29 is 9.18 Å². The average Bonchev–Trinajstić information content (AvgIpc) is 2.30. The van der Waals surface area contributed by atoms with Gasteiger partial charge in [-0.2, -0.15) is 0 Å². The number of hydrogen-bond donors (Lipinski definition) is 1. The standard InChI is InChI=1S/C12H11FN2O/c13-10-5-1-2-6-11(10)15-7-3-4-9(8-15)12(14)16/h1-3,5-8H,4H2,(H2,14,16). The number of benzene rings is 1. The van der Waals surface area contributed by atoms with Crippen LogP contribution in [-0.4, -0.2) is 5.91 Å². The van der Waals surface area contributed by atoms with Crippen LogP contribution in [-0.2, 0) is 4.79 Å². The van der Waals surface area contributed by atoms with Gasteiger partial charge in [-0.25, -0.2) is 4.39 Å². The number of rotatable bonds is 2. The third kappa shape index (κ3) is 1.95. The Morgan fingerprint density at radius 1 is 1.38 bits per heavy atom. The Balaban J connectivity index is 2.35. The van der Waals surface area contributed by atoms with Crippen LogP contribution >= 0.6 is 0 Å². The van der Waals surface area contributed by atoms with E-state index in [0.29, 0.717) is 17.7 Å². The Morgan fingerprint density at radius 3 is 2.81 bits per heavy atom. The minimum atomic E-state index is -0.481. The summed E-state index contributed by atoms with van der Waals surface area (Å²) in [6, 6.07) is 6.36. The van der Waals surface area contributed by atoms with E-state index in [9.17, 15) is 9.18 Å². The predicted molar refractivity (Wildman–Crippen MR) is 59.9 cm³/mol. The zero-order chi connectivity index (χ0) is 11.5. The Kier molecular flexibility index (Phi) is 2.72. The highest BCUT2D eigenvalue weighted by molar-refractivity contribution is 5.93. The van der Waals surface area contributed by atoms with Gasteiger partial charge in [0, 0.05) is 18.0 Å². The van der Waals surface area contributed by atoms with Crippen LogP contribution < -0.4 is 10.6 Å². The van der Waals surface area contributed by atoms with Crippen molar-refractivity contribution in [3.05, 3.63) is 54.1 Å². The second-order valence-corrected chi connectivity index (χ2v) is 3.47. The van der Waals surface area contributed by atoms with E-state index >= 15 is 0 Å². The van der Waals surface area contributed by atoms with Crippen LogP contribution in [0.2, 0.25) is 0 Å². The van der Waals surface area contributed by atoms with Crippen molar-refractivity contribution >= 4 is 11.6 Å². The lowest BCUT2D eigenvalue weighted by atomic mass is 10.1. The molecule has 1 aliphatic heterocycles. The second kappa shape index (κ2) is 4.18. The smallest absolute Gasteiger partial charge is 0.246 e. The zero-order valence-corrected chi connectivity index (χ0v) is 8.56. The van der Waals surface area contributed by atoms with Gasteiger partial charge in [-0.15, -0.1) is 0 Å². The molecule has 0 saturated carbocycles. The highest BCUT2D eigenvalue weighted by Crippen LogP contribution is 2.23. The maximum absolute atomic E-state index is 13.5. The van der Waals surface area contributed by atoms with Gasteiger partial charge in [-0.3, -0.25) is 4.79 Å². The molecule has 1 aromatic carbocycles. The van der Waals surface area contributed by atoms with E-state index in [1.54, 1.807) is 41.6 Å². The second-order valence-electron chi connectivity index (χ2n) is 3.47. The zero-order valence-electron chi connectivity index (χ0n) is 8.56. The van der Waals surface area contributed by atoms with E-state index in [-0.39, 0.29) is 5.82 Å². The first-order valence-electron chi connectivity index (χ1n) is 4.88. The summed E-state index contributed by atoms with van der Waals surface area (Å²) in [5.74, 6) is -0.820. The molecule has 2 N–H and O–H groups in total. The molecule has 1 amide bonds. The monoisotopic (exact) mass is 218 g/mol. The Bertz CT molecular complexity index is 480. The third-order valence-electron chi connectivity index (χ3n) is 2.35. The van der Waals surface area contributed by atoms with Crippen LogP contribution in [0.25, 0.3) is 0 Å². The average molecular weight is 218 g/mol. The van der Waals surface area contributed by atoms with Crippen LogP contribution in [0.5, 0.6) is 0 Å². The third-order valence-corrected chi connectivity index (χ3v) is 2.35. The number of nitrogens with two attached hydrogens (primary N) is 1. The van der Waals surface area contributed by atoms with Gasteiger partial charge in [-0.05, 0) is 18.6 Å². The molecule has 0 aliphatic carbocycles. The van der Waals surface area contributed by atoms with Crippen LogP contribution in [0.3, 0.4) is 0 Å². The molecule has 4 heteroatoms. The summed E-state index contributed by atoms with van der Waals surface area (Å²) in [7, 11) is 0. The molecule has 0 radical (unpaired) electrons. The number of para-hydroxylation sites is 1. The van der Waals surface area contributed by atoms with E-state index in [0.717, 1.165) is 0 Å². The van der Waals surface area contributed by atoms with Crippen molar-refractivity contribution in [2.45, 2.75) is 6.42 Å². The first kappa shape index (κ1) is 10.4. The molecule has 2 rings (SSSR count). The van der Waals surface area contributed by atoms with Gasteiger partial charge in [-0.1, -0.05) is 18.2 Å². The largest absolute Gasteiger partial charge is 0.366 e. The summed E-state index contributed by atoms with van der Waals surface area (Å²) in [5, 5.41) is 0. The molecule has 0 saturated heterocycles. The number of nitrogens with zero attached hydrogens (tertiary/aromatic N) is 1. The maximum Gasteiger partial charge on any atom is 0.246 e. The SMILES string of the molecule is NC(=O)C1=CN(c2ccccc2F)C=CC1. The summed E-state index contributed by atoms with van der Waals surface area (Å²) in [6.07, 6.45) is 5.53. The van der Waals surface area contributed by atoms with Crippen molar-refractivity contribution in [3.8, 4) is 0 Å². The fraction of sp³-hybridized carbons (Fsp3) is 0.0833. The first-order valence-corrected chi connectivity index (χ1v) is 4.88. The number of primary amides is 1. The van der Waals surface area contributed by atoms with Crippen molar-refractivity contribution in [1.82, 2.24) is 0 Å². The summed E-state index contributed by atoms with van der Waals surface area (Å²) < 4.78 is 13.5. The minimum absolute atomic E-state index is 0.339. The quantitative estimate of drug-likeness (QED) is 0.824. The summed E-state index contributed by atoms with van der Waals surface area (Å²) in [4.78, 5) is 12.6. The number of halogens is 1. The number of carbonyl (C=O) groups excluding carboxylic acids is 1. The van der Waals surface area contributed by atoms with Gasteiger partial charge in [0.2, 0.25) is 5.91 Å². The molecule has 0 unspecified atom stereocenters. The maximum atomic E-state index is 13.5. The van der Waals surface area contributed by atoms with E-state index < -0.39 is 5.91 Å². The van der Waals surface area contributed by atoms with E-state index in [4.69, 9.17) is 5.73 Å². The van der Waals surface area contributed by atoms with Crippen LogP contribution in [0, 0.1) is 5.82 Å². The van der Waals surface area contributed by atoms with Gasteiger partial charge in [0.15, 0.2) is 0 Å². The van der Waals surface area contributed by atoms with Crippen molar-refractivity contribution in [1.29, 1.82) is 0 Å². The van der Waals surface area contributed by atoms with Crippen LogP contribution in [0.1, 0.15) is 6.42 Å². The lowest BCUT2D eigenvalue weighted by Gasteiger charge is -2.20. The Morgan fingerprint density at radius 2 is 2.12 bits per heavy atom. The van der Waals surface area contributed by atoms with Gasteiger partial charge < -0.3 is 10.6 Å². The summed E-state index contributed by atoms with van der Waals surface area (Å²) in [6.45, 7) is 0. The molecule has 3 nitrogen and oxygen atoms in total. The van der Waals surface area contributed by atoms with Gasteiger partial charge >= 0.3 is 0 Å². The number of carbonyl (C=O) groups is 1. The molecule has 0 spiro atoms. The lowest BCUT2D eigenvalue weighted by molar-refractivity contribution is -0.114. The molecular formula is C12H11FN2O. The normalized spacial score (nSPS) is 14.8. The van der Waals surface area contributed by atoms with Crippen LogP contribution in [0.15, 0.2) is 48.3 Å². The fourth-order valence-electron chi connectivity index (χ4n) is 1.53. The molecule has 1 aromatic rings. The molecule has 0 bridgehead atoms. The lowest BCUT2D eigenvalue weighted by Crippen LogP contribution is -2.20. The first-order chi connectivity index (χ1) is 7.68. The molecule has 1 aliphatic rings. The molecule has 0 atom stereocenters. The summed E-state index contributed by atoms with van der Waals surface area (Å²) >= 11 is 0. The number of anilines is 1. The van der Waals surface area contributed by atoms with Crippen LogP contribution in [0.4, 0.5) is 10.1 Å². The minimum Gasteiger partial charge on any atom is -0.366 e. The summed E-state index contributed by atoms with van der Waals surface area (Å²) in [5.41, 5.74) is 6.05. The molecule has 0 aromatic heterocycles. The van der Waals surface area contributed by atoms with Crippen molar-refractivity contribution in [2.24, 2.45) is 5.73 Å². The predicted octanol–water partition coefficient (Wildman–Crippen LogP) is 1.92. The van der Waals surface area contributed by atoms with E-state index in [1.807, 2.05) is 0 Å². The topological polar surface area (TPSA) is 46.3 Å². The number of allylic oxidation sites excluding steroid dienone is 1. The van der Waals surface area contributed by atoms with Crippen molar-refractivity contribution in [3.63, 3.8) is 0 Å². The Labute approximate surface area is 92.7 Å². The van der Waals surface area contributed by atoms with E-state index in [1.165, 1.54) is 6.07 Å².